The van der Waals surface area contributed by atoms with Crippen molar-refractivity contribution >= 4 is 28.6 Å². The van der Waals surface area contributed by atoms with Crippen molar-refractivity contribution in [1.29, 1.82) is 5.26 Å². The van der Waals surface area contributed by atoms with E-state index in [1.54, 1.807) is 35.2 Å². The van der Waals surface area contributed by atoms with Gasteiger partial charge in [0.25, 0.3) is 5.91 Å². The molecule has 0 saturated carbocycles. The van der Waals surface area contributed by atoms with Gasteiger partial charge < -0.3 is 29.7 Å². The summed E-state index contributed by atoms with van der Waals surface area (Å²) in [5.41, 5.74) is 6.03. The largest absolute Gasteiger partial charge is 0.508 e. The van der Waals surface area contributed by atoms with E-state index in [1.165, 1.54) is 0 Å². The molecule has 0 bridgehead atoms. The lowest BCUT2D eigenvalue weighted by atomic mass is 9.98. The average Bonchev–Trinajstić information content (AvgIpc) is 3.62. The van der Waals surface area contributed by atoms with Crippen LogP contribution in [0.25, 0.3) is 10.9 Å². The van der Waals surface area contributed by atoms with Gasteiger partial charge in [-0.1, -0.05) is 85.5 Å². The molecule has 312 valence electrons. The Morgan fingerprint density at radius 1 is 0.902 bits per heavy atom. The summed E-state index contributed by atoms with van der Waals surface area (Å²) in [5, 5.41) is 27.4. The molecule has 4 aromatic carbocycles. The standard InChI is InChI=1S/C48H51N9O4/c1-4-21-55-33-45(59)56-43(26-35-17-19-40(58)20-18-35)48(61)54(32-44(56)57(55)34(2)50-28-37-9-6-5-7-10-37)30-39-11-8-12-41-42(31-51(3)46(39)41)47(60)53-24-22-52(23-25-53)29-38-15-13-36(27-49)14-16-38/h4-20,31,43-44,50,58H,1-2,21-26,28-30,32-33H2,3H3/t43-,44-/m0/s1. The number of aromatic hydroxyl groups is 1. The Morgan fingerprint density at radius 2 is 1.62 bits per heavy atom. The van der Waals surface area contributed by atoms with E-state index in [0.29, 0.717) is 43.1 Å². The molecule has 2 atom stereocenters. The molecule has 3 aliphatic rings. The lowest BCUT2D eigenvalue weighted by Gasteiger charge is -2.56. The highest BCUT2D eigenvalue weighted by Crippen LogP contribution is 2.33. The lowest BCUT2D eigenvalue weighted by Crippen LogP contribution is -2.75. The Morgan fingerprint density at radius 3 is 2.33 bits per heavy atom. The fraction of sp³-hybridized carbons (Fsp3) is 0.292. The van der Waals surface area contributed by atoms with E-state index in [4.69, 9.17) is 5.26 Å². The van der Waals surface area contributed by atoms with E-state index >= 15 is 0 Å². The van der Waals surface area contributed by atoms with Gasteiger partial charge in [0.2, 0.25) is 11.8 Å². The van der Waals surface area contributed by atoms with Crippen molar-refractivity contribution in [3.8, 4) is 11.8 Å². The van der Waals surface area contributed by atoms with Crippen molar-refractivity contribution in [2.24, 2.45) is 7.05 Å². The second kappa shape index (κ2) is 17.8. The van der Waals surface area contributed by atoms with Crippen molar-refractivity contribution in [1.82, 2.24) is 39.5 Å². The fourth-order valence-electron chi connectivity index (χ4n) is 8.95. The summed E-state index contributed by atoms with van der Waals surface area (Å²) >= 11 is 0. The Kier molecular flexibility index (Phi) is 11.9. The van der Waals surface area contributed by atoms with Gasteiger partial charge in [-0.05, 0) is 46.5 Å². The molecule has 13 nitrogen and oxygen atoms in total. The molecular formula is C48H51N9O4. The molecule has 3 amide bonds. The van der Waals surface area contributed by atoms with Crippen molar-refractivity contribution in [2.75, 3.05) is 45.8 Å². The number of nitrogens with zero attached hydrogens (tertiary/aromatic N) is 8. The van der Waals surface area contributed by atoms with Crippen LogP contribution in [0.1, 0.15) is 38.2 Å². The molecule has 0 aliphatic carbocycles. The zero-order valence-corrected chi connectivity index (χ0v) is 34.5. The van der Waals surface area contributed by atoms with Gasteiger partial charge in [0.1, 0.15) is 23.8 Å². The molecule has 3 saturated heterocycles. The number of piperazine rings is 2. The van der Waals surface area contributed by atoms with Gasteiger partial charge in [0.05, 0.1) is 35.8 Å². The number of benzene rings is 4. The summed E-state index contributed by atoms with van der Waals surface area (Å²) in [7, 11) is 1.93. The minimum atomic E-state index is -0.827. The predicted molar refractivity (Wildman–Crippen MR) is 233 cm³/mol. The molecule has 1 aromatic heterocycles. The molecule has 3 aliphatic heterocycles. The number of nitriles is 1. The molecule has 4 heterocycles. The van der Waals surface area contributed by atoms with Crippen LogP contribution in [0.2, 0.25) is 0 Å². The number of phenols is 1. The third-order valence-electron chi connectivity index (χ3n) is 12.0. The summed E-state index contributed by atoms with van der Waals surface area (Å²) in [6.07, 6.45) is 3.32. The van der Waals surface area contributed by atoms with Crippen LogP contribution >= 0.6 is 0 Å². The number of carbonyl (C=O) groups excluding carboxylic acids is 3. The van der Waals surface area contributed by atoms with Crippen molar-refractivity contribution in [2.45, 2.75) is 38.3 Å². The lowest BCUT2D eigenvalue weighted by molar-refractivity contribution is -0.194. The summed E-state index contributed by atoms with van der Waals surface area (Å²) < 4.78 is 1.98. The molecular weight excluding hydrogens is 767 g/mol. The van der Waals surface area contributed by atoms with Gasteiger partial charge >= 0.3 is 0 Å². The molecule has 0 unspecified atom stereocenters. The third kappa shape index (κ3) is 8.59. The average molecular weight is 818 g/mol. The van der Waals surface area contributed by atoms with E-state index in [2.05, 4.69) is 29.4 Å². The van der Waals surface area contributed by atoms with Gasteiger partial charge in [-0.3, -0.25) is 24.3 Å². The number of carbonyl (C=O) groups is 3. The maximum absolute atomic E-state index is 14.8. The Balaban J connectivity index is 1.06. The van der Waals surface area contributed by atoms with E-state index in [1.807, 2.05) is 110 Å². The Bertz CT molecular complexity index is 2470. The third-order valence-corrected chi connectivity index (χ3v) is 12.0. The molecule has 8 rings (SSSR count). The minimum absolute atomic E-state index is 0.0281. The van der Waals surface area contributed by atoms with Crippen LogP contribution < -0.4 is 5.32 Å². The molecule has 0 spiro atoms. The van der Waals surface area contributed by atoms with Crippen LogP contribution in [0.5, 0.6) is 5.75 Å². The first-order valence-electron chi connectivity index (χ1n) is 20.7. The first-order chi connectivity index (χ1) is 29.6. The van der Waals surface area contributed by atoms with Crippen molar-refractivity contribution in [3.63, 3.8) is 0 Å². The number of aromatic nitrogens is 1. The smallest absolute Gasteiger partial charge is 0.256 e. The summed E-state index contributed by atoms with van der Waals surface area (Å²) in [6.45, 7) is 13.2. The minimum Gasteiger partial charge on any atom is -0.508 e. The van der Waals surface area contributed by atoms with Crippen LogP contribution in [0.3, 0.4) is 0 Å². The number of hydrogen-bond acceptors (Lipinski definition) is 9. The normalized spacial score (nSPS) is 18.6. The summed E-state index contributed by atoms with van der Waals surface area (Å²) in [5.74, 6) is 0.334. The van der Waals surface area contributed by atoms with Crippen LogP contribution in [0, 0.1) is 11.3 Å². The highest BCUT2D eigenvalue weighted by atomic mass is 16.3. The molecule has 13 heteroatoms. The second-order valence-corrected chi connectivity index (χ2v) is 16.0. The first kappa shape index (κ1) is 40.9. The van der Waals surface area contributed by atoms with E-state index in [-0.39, 0.29) is 49.5 Å². The molecule has 3 fully saturated rings. The number of hydrogen-bond donors (Lipinski definition) is 2. The highest BCUT2D eigenvalue weighted by Gasteiger charge is 2.50. The van der Waals surface area contributed by atoms with Gasteiger partial charge in [-0.2, -0.15) is 5.26 Å². The number of fused-ring (bicyclic) bond motifs is 2. The quantitative estimate of drug-likeness (QED) is 0.161. The second-order valence-electron chi connectivity index (χ2n) is 16.0. The first-order valence-corrected chi connectivity index (χ1v) is 20.7. The van der Waals surface area contributed by atoms with E-state index < -0.39 is 12.2 Å². The van der Waals surface area contributed by atoms with E-state index in [0.717, 1.165) is 52.8 Å². The van der Waals surface area contributed by atoms with Gasteiger partial charge in [-0.25, -0.2) is 5.01 Å². The maximum Gasteiger partial charge on any atom is 0.256 e. The highest BCUT2D eigenvalue weighted by molar-refractivity contribution is 6.07. The van der Waals surface area contributed by atoms with Crippen LogP contribution in [0.4, 0.5) is 0 Å². The zero-order chi connectivity index (χ0) is 42.6. The Labute approximate surface area is 356 Å². The maximum atomic E-state index is 14.8. The SMILES string of the molecule is C=CCN1CC(=O)N2[C@@H](Cc3ccc(O)cc3)C(=O)N(Cc3cccc4c(C(=O)N5CCN(Cc6ccc(C#N)cc6)CC5)cn(C)c34)C[C@@H]2N1C(=C)NCc1ccccc1. The summed E-state index contributed by atoms with van der Waals surface area (Å²) in [6, 6.07) is 31.6. The van der Waals surface area contributed by atoms with Crippen LogP contribution in [-0.2, 0) is 42.7 Å². The molecule has 2 N–H and O–H groups in total. The van der Waals surface area contributed by atoms with Crippen LogP contribution in [-0.4, -0.2) is 115 Å². The number of rotatable bonds is 13. The fourth-order valence-corrected chi connectivity index (χ4v) is 8.95. The number of nitrogens with one attached hydrogen (secondary N) is 1. The van der Waals surface area contributed by atoms with Crippen molar-refractivity contribution < 1.29 is 19.5 Å². The van der Waals surface area contributed by atoms with Crippen LogP contribution in [0.15, 0.2) is 128 Å². The number of phenolic OH excluding ortho intramolecular Hbond substituents is 1. The zero-order valence-electron chi connectivity index (χ0n) is 34.5. The molecule has 5 aromatic rings. The topological polar surface area (TPSA) is 132 Å². The van der Waals surface area contributed by atoms with Gasteiger partial charge in [0, 0.05) is 77.4 Å². The number of aryl methyl sites for hydroxylation is 1. The molecule has 61 heavy (non-hydrogen) atoms. The number of amides is 3. The van der Waals surface area contributed by atoms with Gasteiger partial charge in [0.15, 0.2) is 0 Å². The summed E-state index contributed by atoms with van der Waals surface area (Å²) in [4.78, 5) is 51.0. The van der Waals surface area contributed by atoms with E-state index in [9.17, 15) is 19.5 Å². The van der Waals surface area contributed by atoms with Gasteiger partial charge in [-0.15, -0.1) is 6.58 Å². The number of para-hydroxylation sites is 1. The predicted octanol–water partition coefficient (Wildman–Crippen LogP) is 4.80. The molecule has 0 radical (unpaired) electrons. The number of hydrazine groups is 1. The van der Waals surface area contributed by atoms with Crippen molar-refractivity contribution in [3.05, 3.63) is 162 Å². The monoisotopic (exact) mass is 817 g/mol. The Hall–Kier alpha value is -6.88.